The molecule has 3 N–H and O–H groups in total. The van der Waals surface area contributed by atoms with Crippen molar-refractivity contribution in [1.82, 2.24) is 15.2 Å². The van der Waals surface area contributed by atoms with E-state index < -0.39 is 11.9 Å². The van der Waals surface area contributed by atoms with Gasteiger partial charge in [-0.15, -0.1) is 0 Å². The van der Waals surface area contributed by atoms with Gasteiger partial charge in [0.15, 0.2) is 5.65 Å². The predicted octanol–water partition coefficient (Wildman–Crippen LogP) is 4.46. The smallest absolute Gasteiger partial charge is 0.385 e. The van der Waals surface area contributed by atoms with Crippen LogP contribution in [0.4, 0.5) is 13.2 Å². The first-order chi connectivity index (χ1) is 12.5. The maximum absolute atomic E-state index is 13.3. The van der Waals surface area contributed by atoms with Crippen LogP contribution in [0, 0.1) is 0 Å². The standard InChI is InChI=1S/C18H19F3N4O.3H2/c1-26-8-6-13(10-22)11-3-2-4-12(9-11)14-5-7-23-17-15(14)16(24-25-17)18(19,20)21;;;/h2-5,7,9,13H,6,8,10,22H2,1H3,(H,23,24,25);3*1H. The van der Waals surface area contributed by atoms with E-state index in [9.17, 15) is 13.2 Å². The number of pyridine rings is 1. The number of aromatic amines is 1. The van der Waals surface area contributed by atoms with Crippen LogP contribution in [0.2, 0.25) is 0 Å². The molecule has 3 aromatic rings. The third kappa shape index (κ3) is 3.56. The first-order valence-corrected chi connectivity index (χ1v) is 8.15. The van der Waals surface area contributed by atoms with Crippen molar-refractivity contribution in [2.75, 3.05) is 20.3 Å². The number of hydrogen-bond donors (Lipinski definition) is 2. The van der Waals surface area contributed by atoms with Crippen molar-refractivity contribution in [1.29, 1.82) is 0 Å². The second-order valence-corrected chi connectivity index (χ2v) is 5.99. The number of H-pyrrole nitrogens is 1. The van der Waals surface area contributed by atoms with Gasteiger partial charge in [-0.2, -0.15) is 18.3 Å². The number of halogens is 3. The molecule has 0 spiro atoms. The number of hydrogen-bond acceptors (Lipinski definition) is 4. The predicted molar refractivity (Wildman–Crippen MR) is 99.0 cm³/mol. The topological polar surface area (TPSA) is 76.8 Å². The Labute approximate surface area is 152 Å². The van der Waals surface area contributed by atoms with Crippen LogP contribution in [0.1, 0.15) is 27.9 Å². The highest BCUT2D eigenvalue weighted by Gasteiger charge is 2.36. The van der Waals surface area contributed by atoms with Crippen molar-refractivity contribution in [3.05, 3.63) is 47.8 Å². The van der Waals surface area contributed by atoms with Gasteiger partial charge < -0.3 is 10.5 Å². The summed E-state index contributed by atoms with van der Waals surface area (Å²) >= 11 is 0. The minimum absolute atomic E-state index is 0. The van der Waals surface area contributed by atoms with Crippen LogP contribution in [-0.2, 0) is 10.9 Å². The monoisotopic (exact) mass is 370 g/mol. The molecular formula is C18H25F3N4O. The minimum atomic E-state index is -4.54. The van der Waals surface area contributed by atoms with E-state index in [0.717, 1.165) is 12.0 Å². The number of nitrogens with two attached hydrogens (primary N) is 1. The van der Waals surface area contributed by atoms with Gasteiger partial charge in [0, 0.05) is 24.2 Å². The molecule has 0 amide bonds. The van der Waals surface area contributed by atoms with Gasteiger partial charge in [-0.3, -0.25) is 5.10 Å². The van der Waals surface area contributed by atoms with E-state index in [-0.39, 0.29) is 21.2 Å². The van der Waals surface area contributed by atoms with Crippen molar-refractivity contribution < 1.29 is 22.2 Å². The van der Waals surface area contributed by atoms with Crippen LogP contribution in [0.15, 0.2) is 36.5 Å². The molecule has 144 valence electrons. The normalized spacial score (nSPS) is 13.3. The largest absolute Gasteiger partial charge is 0.433 e. The Hall–Kier alpha value is -2.45. The second kappa shape index (κ2) is 7.43. The van der Waals surface area contributed by atoms with Crippen LogP contribution in [0.25, 0.3) is 22.2 Å². The molecule has 1 atom stereocenters. The van der Waals surface area contributed by atoms with Crippen molar-refractivity contribution in [3.63, 3.8) is 0 Å². The van der Waals surface area contributed by atoms with E-state index in [2.05, 4.69) is 15.2 Å². The number of aromatic nitrogens is 3. The van der Waals surface area contributed by atoms with Gasteiger partial charge in [-0.1, -0.05) is 24.3 Å². The molecule has 8 heteroatoms. The van der Waals surface area contributed by atoms with Crippen molar-refractivity contribution in [2.24, 2.45) is 5.73 Å². The Bertz CT molecular complexity index is 905. The number of nitrogens with one attached hydrogen (secondary N) is 1. The van der Waals surface area contributed by atoms with Gasteiger partial charge >= 0.3 is 6.18 Å². The summed E-state index contributed by atoms with van der Waals surface area (Å²) in [5.41, 5.74) is 7.06. The average molecular weight is 370 g/mol. The highest BCUT2D eigenvalue weighted by molar-refractivity contribution is 5.94. The Kier molecular flexibility index (Phi) is 5.24. The highest BCUT2D eigenvalue weighted by Crippen LogP contribution is 2.38. The molecular weight excluding hydrogens is 345 g/mol. The zero-order valence-corrected chi connectivity index (χ0v) is 14.2. The molecule has 2 heterocycles. The van der Waals surface area contributed by atoms with Crippen molar-refractivity contribution in [2.45, 2.75) is 18.5 Å². The van der Waals surface area contributed by atoms with Crippen LogP contribution in [0.5, 0.6) is 0 Å². The van der Waals surface area contributed by atoms with E-state index in [1.807, 2.05) is 18.2 Å². The first-order valence-electron chi connectivity index (χ1n) is 8.15. The number of ether oxygens (including phenoxy) is 1. The van der Waals surface area contributed by atoms with Crippen LogP contribution in [0.3, 0.4) is 0 Å². The maximum Gasteiger partial charge on any atom is 0.433 e. The fourth-order valence-electron chi connectivity index (χ4n) is 3.03. The summed E-state index contributed by atoms with van der Waals surface area (Å²) in [4.78, 5) is 3.94. The summed E-state index contributed by atoms with van der Waals surface area (Å²) < 4.78 is 45.1. The molecule has 0 fully saturated rings. The van der Waals surface area contributed by atoms with E-state index in [4.69, 9.17) is 10.5 Å². The van der Waals surface area contributed by atoms with Crippen molar-refractivity contribution in [3.8, 4) is 11.1 Å². The molecule has 0 saturated heterocycles. The highest BCUT2D eigenvalue weighted by atomic mass is 19.4. The molecule has 1 unspecified atom stereocenters. The molecule has 0 aliphatic rings. The molecule has 0 aliphatic carbocycles. The summed E-state index contributed by atoms with van der Waals surface area (Å²) in [5.74, 6) is 0.0682. The Morgan fingerprint density at radius 2 is 2.12 bits per heavy atom. The molecule has 0 aliphatic heterocycles. The lowest BCUT2D eigenvalue weighted by atomic mass is 9.92. The molecule has 0 radical (unpaired) electrons. The van der Waals surface area contributed by atoms with E-state index in [0.29, 0.717) is 24.3 Å². The molecule has 0 bridgehead atoms. The molecule has 3 rings (SSSR count). The van der Waals surface area contributed by atoms with Crippen molar-refractivity contribution >= 4 is 11.0 Å². The lowest BCUT2D eigenvalue weighted by Gasteiger charge is -2.16. The average Bonchev–Trinajstić information content (AvgIpc) is 3.07. The molecule has 5 nitrogen and oxygen atoms in total. The number of rotatable bonds is 6. The SMILES string of the molecule is COCCC(CN)c1cccc(-c2ccnc3n[nH]c(C(F)(F)F)c23)c1.[HH].[HH].[HH]. The first kappa shape index (κ1) is 18.3. The lowest BCUT2D eigenvalue weighted by Crippen LogP contribution is -2.14. The van der Waals surface area contributed by atoms with E-state index in [1.54, 1.807) is 19.2 Å². The third-order valence-corrected chi connectivity index (χ3v) is 4.36. The number of alkyl halides is 3. The van der Waals surface area contributed by atoms with Gasteiger partial charge in [-0.05, 0) is 41.6 Å². The maximum atomic E-state index is 13.3. The summed E-state index contributed by atoms with van der Waals surface area (Å²) in [5, 5.41) is 5.73. The van der Waals surface area contributed by atoms with E-state index in [1.165, 1.54) is 6.20 Å². The number of benzene rings is 1. The molecule has 0 saturated carbocycles. The second-order valence-electron chi connectivity index (χ2n) is 5.99. The van der Waals surface area contributed by atoms with Gasteiger partial charge in [0.2, 0.25) is 0 Å². The molecule has 26 heavy (non-hydrogen) atoms. The summed E-state index contributed by atoms with van der Waals surface area (Å²) in [7, 11) is 1.62. The summed E-state index contributed by atoms with van der Waals surface area (Å²) in [6, 6.07) is 8.96. The quantitative estimate of drug-likeness (QED) is 0.672. The zero-order chi connectivity index (χ0) is 18.7. The Balaban J connectivity index is 0.00000261. The Morgan fingerprint density at radius 3 is 2.81 bits per heavy atom. The lowest BCUT2D eigenvalue weighted by molar-refractivity contribution is -0.139. The van der Waals surface area contributed by atoms with Crippen LogP contribution < -0.4 is 5.73 Å². The summed E-state index contributed by atoms with van der Waals surface area (Å²) in [6.45, 7) is 0.990. The fraction of sp³-hybridized carbons (Fsp3) is 0.333. The number of nitrogens with zero attached hydrogens (tertiary/aromatic N) is 2. The third-order valence-electron chi connectivity index (χ3n) is 4.36. The molecule has 1 aromatic carbocycles. The summed E-state index contributed by atoms with van der Waals surface area (Å²) in [6.07, 6.45) is -2.35. The number of fused-ring (bicyclic) bond motifs is 1. The minimum Gasteiger partial charge on any atom is -0.385 e. The van der Waals surface area contributed by atoms with Crippen LogP contribution in [-0.4, -0.2) is 35.4 Å². The van der Waals surface area contributed by atoms with E-state index >= 15 is 0 Å². The van der Waals surface area contributed by atoms with Gasteiger partial charge in [0.05, 0.1) is 5.39 Å². The Morgan fingerprint density at radius 1 is 1.31 bits per heavy atom. The van der Waals surface area contributed by atoms with Crippen LogP contribution >= 0.6 is 0 Å². The zero-order valence-electron chi connectivity index (χ0n) is 14.2. The molecule has 2 aromatic heterocycles. The van der Waals surface area contributed by atoms with Gasteiger partial charge in [0.1, 0.15) is 5.69 Å². The fourth-order valence-corrected chi connectivity index (χ4v) is 3.03. The van der Waals surface area contributed by atoms with Gasteiger partial charge in [-0.25, -0.2) is 4.98 Å². The van der Waals surface area contributed by atoms with Gasteiger partial charge in [0.25, 0.3) is 0 Å². The number of methoxy groups -OCH3 is 1.